The summed E-state index contributed by atoms with van der Waals surface area (Å²) in [6.07, 6.45) is 1.29. The lowest BCUT2D eigenvalue weighted by Crippen LogP contribution is -2.36. The number of aromatic nitrogens is 2. The number of amides is 1. The van der Waals surface area contributed by atoms with E-state index in [2.05, 4.69) is 15.5 Å². The minimum atomic E-state index is -3.70. The number of fused-ring (bicyclic) bond motifs is 1. The highest BCUT2D eigenvalue weighted by molar-refractivity contribution is 7.95. The molecule has 1 saturated heterocycles. The molecule has 28 heavy (non-hydrogen) atoms. The van der Waals surface area contributed by atoms with Gasteiger partial charge >= 0.3 is 0 Å². The van der Waals surface area contributed by atoms with Crippen molar-refractivity contribution in [3.63, 3.8) is 0 Å². The number of hydrogen-bond acceptors (Lipinski definition) is 6. The summed E-state index contributed by atoms with van der Waals surface area (Å²) in [6, 6.07) is 9.46. The van der Waals surface area contributed by atoms with Gasteiger partial charge in [-0.15, -0.1) is 4.31 Å². The molecule has 0 aliphatic carbocycles. The Bertz CT molecular complexity index is 1080. The van der Waals surface area contributed by atoms with Gasteiger partial charge in [0.25, 0.3) is 11.6 Å². The van der Waals surface area contributed by atoms with Gasteiger partial charge in [0.1, 0.15) is 11.7 Å². The zero-order valence-electron chi connectivity index (χ0n) is 15.5. The van der Waals surface area contributed by atoms with E-state index in [1.165, 1.54) is 4.31 Å². The fourth-order valence-electron chi connectivity index (χ4n) is 3.67. The van der Waals surface area contributed by atoms with Crippen LogP contribution in [0.2, 0.25) is 0 Å². The van der Waals surface area contributed by atoms with Crippen molar-refractivity contribution in [2.75, 3.05) is 13.6 Å². The van der Waals surface area contributed by atoms with E-state index < -0.39 is 16.4 Å². The predicted molar refractivity (Wildman–Crippen MR) is 102 cm³/mol. The molecule has 1 fully saturated rings. The van der Waals surface area contributed by atoms with Crippen LogP contribution >= 0.6 is 0 Å². The van der Waals surface area contributed by atoms with Crippen LogP contribution in [0.3, 0.4) is 0 Å². The second-order valence-electron chi connectivity index (χ2n) is 6.73. The van der Waals surface area contributed by atoms with Crippen molar-refractivity contribution in [2.45, 2.75) is 30.7 Å². The summed E-state index contributed by atoms with van der Waals surface area (Å²) in [5.74, 6) is -0.296. The van der Waals surface area contributed by atoms with Gasteiger partial charge in [0, 0.05) is 19.3 Å². The number of carbonyl (C=O) groups excluding carboxylic acids is 1. The SMILES string of the molecule is CNC(=O)c1cc(C)nc2onc(C3CCCN3[S+](=O)([O-])c3ccccc3)c12. The Morgan fingerprint density at radius 3 is 2.82 bits per heavy atom. The third-order valence-corrected chi connectivity index (χ3v) is 6.86. The summed E-state index contributed by atoms with van der Waals surface area (Å²) < 4.78 is 33.2. The standard InChI is InChI=1S/C19H20N4O4S/c1-12-11-14(18(24)20-2)16-17(22-27-19(16)21-12)15-9-6-10-23(15)28(25,26)13-7-4-3-5-8-13/h3-5,7-8,11,15H,6,9-10H2,1-2H3,(H-,20,24,25,26). The number of sulfonamides is 1. The number of carbonyl (C=O) groups is 1. The summed E-state index contributed by atoms with van der Waals surface area (Å²) in [5, 5.41) is 7.20. The van der Waals surface area contributed by atoms with E-state index in [-0.39, 0.29) is 16.5 Å². The van der Waals surface area contributed by atoms with Gasteiger partial charge in [-0.3, -0.25) is 4.79 Å². The quantitative estimate of drug-likeness (QED) is 0.674. The van der Waals surface area contributed by atoms with Gasteiger partial charge in [-0.05, 0) is 38.0 Å². The Morgan fingerprint density at radius 2 is 2.11 bits per heavy atom. The largest absolute Gasteiger partial charge is 0.593 e. The molecule has 146 valence electrons. The second kappa shape index (κ2) is 7.08. The van der Waals surface area contributed by atoms with Crippen molar-refractivity contribution in [2.24, 2.45) is 0 Å². The summed E-state index contributed by atoms with van der Waals surface area (Å²) in [7, 11) is -2.16. The van der Waals surface area contributed by atoms with Gasteiger partial charge in [-0.1, -0.05) is 27.6 Å². The van der Waals surface area contributed by atoms with Crippen molar-refractivity contribution in [1.29, 1.82) is 0 Å². The molecule has 1 amide bonds. The normalized spacial score (nSPS) is 19.6. The first kappa shape index (κ1) is 18.7. The van der Waals surface area contributed by atoms with Gasteiger partial charge < -0.3 is 14.4 Å². The Balaban J connectivity index is 1.84. The van der Waals surface area contributed by atoms with Crippen LogP contribution in [0.1, 0.15) is 40.6 Å². The van der Waals surface area contributed by atoms with Crippen molar-refractivity contribution in [3.8, 4) is 0 Å². The summed E-state index contributed by atoms with van der Waals surface area (Å²) in [4.78, 5) is 16.9. The van der Waals surface area contributed by atoms with E-state index in [4.69, 9.17) is 4.52 Å². The average molecular weight is 400 g/mol. The van der Waals surface area contributed by atoms with Crippen LogP contribution in [0.5, 0.6) is 0 Å². The molecular weight excluding hydrogens is 380 g/mol. The molecule has 0 spiro atoms. The molecule has 1 N–H and O–H groups in total. The van der Waals surface area contributed by atoms with Crippen LogP contribution < -0.4 is 5.32 Å². The third-order valence-electron chi connectivity index (χ3n) is 4.94. The molecule has 8 nitrogen and oxygen atoms in total. The van der Waals surface area contributed by atoms with E-state index in [1.807, 2.05) is 0 Å². The van der Waals surface area contributed by atoms with E-state index in [0.29, 0.717) is 41.7 Å². The van der Waals surface area contributed by atoms with Crippen LogP contribution in [-0.2, 0) is 14.6 Å². The number of hydrogen-bond donors (Lipinski definition) is 1. The highest BCUT2D eigenvalue weighted by Crippen LogP contribution is 2.41. The minimum Gasteiger partial charge on any atom is -0.593 e. The van der Waals surface area contributed by atoms with Crippen LogP contribution in [0.4, 0.5) is 0 Å². The Hall–Kier alpha value is -2.62. The molecule has 0 bridgehead atoms. The number of nitrogens with zero attached hydrogens (tertiary/aromatic N) is 3. The van der Waals surface area contributed by atoms with Crippen molar-refractivity contribution in [1.82, 2.24) is 19.8 Å². The van der Waals surface area contributed by atoms with Crippen LogP contribution in [0.25, 0.3) is 11.1 Å². The van der Waals surface area contributed by atoms with Crippen molar-refractivity contribution >= 4 is 27.4 Å². The maximum atomic E-state index is 13.2. The maximum absolute atomic E-state index is 13.2. The smallest absolute Gasteiger partial charge is 0.259 e. The Labute approximate surface area is 163 Å². The highest BCUT2D eigenvalue weighted by atomic mass is 32.3. The molecule has 1 aliphatic rings. The molecule has 2 aromatic heterocycles. The fourth-order valence-corrected chi connectivity index (χ4v) is 5.35. The maximum Gasteiger partial charge on any atom is 0.259 e. The fraction of sp³-hybridized carbons (Fsp3) is 0.316. The van der Waals surface area contributed by atoms with Crippen LogP contribution in [0.15, 0.2) is 45.8 Å². The lowest BCUT2D eigenvalue weighted by atomic mass is 10.0. The van der Waals surface area contributed by atoms with Gasteiger partial charge in [0.05, 0.1) is 10.9 Å². The topological polar surface area (TPSA) is 111 Å². The molecule has 2 atom stereocenters. The van der Waals surface area contributed by atoms with Crippen LogP contribution in [0, 0.1) is 6.92 Å². The van der Waals surface area contributed by atoms with E-state index in [1.54, 1.807) is 50.4 Å². The molecule has 4 rings (SSSR count). The highest BCUT2D eigenvalue weighted by Gasteiger charge is 2.43. The Morgan fingerprint density at radius 1 is 1.36 bits per heavy atom. The van der Waals surface area contributed by atoms with Crippen molar-refractivity contribution in [3.05, 3.63) is 53.3 Å². The number of benzene rings is 1. The molecule has 2 unspecified atom stereocenters. The molecule has 1 aromatic carbocycles. The molecule has 9 heteroatoms. The molecular formula is C19H20N4O4S. The zero-order valence-corrected chi connectivity index (χ0v) is 16.4. The lowest BCUT2D eigenvalue weighted by Gasteiger charge is -2.27. The monoisotopic (exact) mass is 400 g/mol. The first-order chi connectivity index (χ1) is 13.4. The molecule has 1 aliphatic heterocycles. The Kier molecular flexibility index (Phi) is 4.74. The van der Waals surface area contributed by atoms with Gasteiger partial charge in [0.15, 0.2) is 15.3 Å². The van der Waals surface area contributed by atoms with Crippen molar-refractivity contribution < 1.29 is 18.1 Å². The second-order valence-corrected chi connectivity index (χ2v) is 8.62. The lowest BCUT2D eigenvalue weighted by molar-refractivity contribution is 0.0964. The number of rotatable bonds is 4. The average Bonchev–Trinajstić information content (AvgIpc) is 3.34. The third kappa shape index (κ3) is 3.01. The minimum absolute atomic E-state index is 0.232. The van der Waals surface area contributed by atoms with E-state index in [9.17, 15) is 13.6 Å². The van der Waals surface area contributed by atoms with Gasteiger partial charge in [-0.2, -0.15) is 0 Å². The zero-order chi connectivity index (χ0) is 19.9. The van der Waals surface area contributed by atoms with E-state index in [0.717, 1.165) is 0 Å². The molecule has 0 radical (unpaired) electrons. The van der Waals surface area contributed by atoms with Gasteiger partial charge in [-0.25, -0.2) is 4.98 Å². The first-order valence-electron chi connectivity index (χ1n) is 8.99. The van der Waals surface area contributed by atoms with E-state index >= 15 is 0 Å². The summed E-state index contributed by atoms with van der Waals surface area (Å²) >= 11 is 0. The molecule has 3 aromatic rings. The first-order valence-corrected chi connectivity index (χ1v) is 10.4. The van der Waals surface area contributed by atoms with Crippen LogP contribution in [-0.4, -0.2) is 38.5 Å². The number of pyridine rings is 1. The summed E-state index contributed by atoms with van der Waals surface area (Å²) in [6.45, 7) is 2.14. The molecule has 0 saturated carbocycles. The number of aryl methyl sites for hydroxylation is 1. The van der Waals surface area contributed by atoms with Gasteiger partial charge in [0.2, 0.25) is 0 Å². The molecule has 3 heterocycles. The predicted octanol–water partition coefficient (Wildman–Crippen LogP) is 2.63. The summed E-state index contributed by atoms with van der Waals surface area (Å²) in [5.41, 5.74) is 1.66. The number of nitrogens with one attached hydrogen (secondary N) is 1.